The summed E-state index contributed by atoms with van der Waals surface area (Å²) < 4.78 is 56.4. The zero-order valence-corrected chi connectivity index (χ0v) is 11.2. The lowest BCUT2D eigenvalue weighted by Gasteiger charge is -2.40. The van der Waals surface area contributed by atoms with Gasteiger partial charge in [-0.3, -0.25) is 0 Å². The average molecular weight is 282 g/mol. The maximum absolute atomic E-state index is 14.0. The Kier molecular flexibility index (Phi) is 5.09. The molecule has 0 bridgehead atoms. The van der Waals surface area contributed by atoms with Gasteiger partial charge in [-0.25, -0.2) is 8.78 Å². The topological polar surface area (TPSA) is 9.23 Å². The molecule has 6 atom stereocenters. The SMILES string of the molecule is CC1CCC(C2CCC(OC(F)F)C(F)C2)C(F)C1. The molecule has 0 saturated heterocycles. The van der Waals surface area contributed by atoms with Crippen molar-refractivity contribution in [2.24, 2.45) is 17.8 Å². The maximum Gasteiger partial charge on any atom is 0.345 e. The lowest BCUT2D eigenvalue weighted by Crippen LogP contribution is -2.40. The number of ether oxygens (including phenoxy) is 1. The highest BCUT2D eigenvalue weighted by atomic mass is 19.3. The van der Waals surface area contributed by atoms with Crippen LogP contribution in [0.5, 0.6) is 0 Å². The van der Waals surface area contributed by atoms with Crippen LogP contribution in [0.3, 0.4) is 0 Å². The van der Waals surface area contributed by atoms with Crippen LogP contribution in [-0.4, -0.2) is 25.1 Å². The zero-order chi connectivity index (χ0) is 14.0. The third kappa shape index (κ3) is 3.83. The van der Waals surface area contributed by atoms with Crippen LogP contribution in [0.4, 0.5) is 17.6 Å². The molecule has 112 valence electrons. The van der Waals surface area contributed by atoms with Gasteiger partial charge in [-0.1, -0.05) is 13.3 Å². The maximum atomic E-state index is 14.0. The van der Waals surface area contributed by atoms with Gasteiger partial charge < -0.3 is 4.74 Å². The molecule has 2 saturated carbocycles. The molecule has 2 aliphatic rings. The molecule has 2 rings (SSSR count). The largest absolute Gasteiger partial charge is 0.345 e. The second kappa shape index (κ2) is 6.42. The summed E-state index contributed by atoms with van der Waals surface area (Å²) in [6.07, 6.45) is 0.0814. The van der Waals surface area contributed by atoms with E-state index in [1.165, 1.54) is 0 Å². The first-order valence-corrected chi connectivity index (χ1v) is 7.19. The molecule has 1 nitrogen and oxygen atoms in total. The molecule has 0 aromatic heterocycles. The van der Waals surface area contributed by atoms with E-state index in [0.29, 0.717) is 18.8 Å². The molecule has 0 N–H and O–H groups in total. The molecule has 2 aliphatic carbocycles. The summed E-state index contributed by atoms with van der Waals surface area (Å²) in [5, 5.41) is 0. The number of halogens is 4. The quantitative estimate of drug-likeness (QED) is 0.692. The summed E-state index contributed by atoms with van der Waals surface area (Å²) in [4.78, 5) is 0. The smallest absolute Gasteiger partial charge is 0.317 e. The van der Waals surface area contributed by atoms with Crippen molar-refractivity contribution in [1.29, 1.82) is 0 Å². The lowest BCUT2D eigenvalue weighted by atomic mass is 9.69. The molecule has 0 radical (unpaired) electrons. The van der Waals surface area contributed by atoms with E-state index in [-0.39, 0.29) is 24.7 Å². The first-order valence-electron chi connectivity index (χ1n) is 7.19. The number of rotatable bonds is 3. The second-order valence-electron chi connectivity index (χ2n) is 6.12. The Morgan fingerprint density at radius 1 is 0.947 bits per heavy atom. The molecule has 2 fully saturated rings. The third-order valence-corrected chi connectivity index (χ3v) is 4.72. The Morgan fingerprint density at radius 2 is 1.68 bits per heavy atom. The second-order valence-corrected chi connectivity index (χ2v) is 6.12. The zero-order valence-electron chi connectivity index (χ0n) is 11.2. The summed E-state index contributed by atoms with van der Waals surface area (Å²) in [6, 6.07) is 0. The van der Waals surface area contributed by atoms with Crippen molar-refractivity contribution in [3.63, 3.8) is 0 Å². The van der Waals surface area contributed by atoms with Gasteiger partial charge in [0.2, 0.25) is 0 Å². The van der Waals surface area contributed by atoms with Gasteiger partial charge in [0.15, 0.2) is 0 Å². The van der Waals surface area contributed by atoms with Crippen molar-refractivity contribution in [3.8, 4) is 0 Å². The van der Waals surface area contributed by atoms with Crippen molar-refractivity contribution in [1.82, 2.24) is 0 Å². The molecule has 5 heteroatoms. The predicted octanol–water partition coefficient (Wildman–Crippen LogP) is 4.51. The van der Waals surface area contributed by atoms with Crippen molar-refractivity contribution in [2.75, 3.05) is 0 Å². The van der Waals surface area contributed by atoms with Gasteiger partial charge in [0.25, 0.3) is 0 Å². The van der Waals surface area contributed by atoms with Crippen molar-refractivity contribution >= 4 is 0 Å². The monoisotopic (exact) mass is 282 g/mol. The highest BCUT2D eigenvalue weighted by Gasteiger charge is 2.40. The molecule has 0 aliphatic heterocycles. The Morgan fingerprint density at radius 3 is 2.26 bits per heavy atom. The fourth-order valence-corrected chi connectivity index (χ4v) is 3.66. The predicted molar refractivity (Wildman–Crippen MR) is 64.5 cm³/mol. The minimum atomic E-state index is -2.93. The van der Waals surface area contributed by atoms with E-state index in [9.17, 15) is 17.6 Å². The molecular weight excluding hydrogens is 260 g/mol. The lowest BCUT2D eigenvalue weighted by molar-refractivity contribution is -0.190. The Balaban J connectivity index is 1.87. The molecule has 0 aromatic rings. The van der Waals surface area contributed by atoms with E-state index in [0.717, 1.165) is 12.8 Å². The summed E-state index contributed by atoms with van der Waals surface area (Å²) in [7, 11) is 0. The third-order valence-electron chi connectivity index (χ3n) is 4.72. The van der Waals surface area contributed by atoms with Gasteiger partial charge in [0.1, 0.15) is 12.3 Å². The molecule has 0 aromatic carbocycles. The van der Waals surface area contributed by atoms with Gasteiger partial charge in [-0.15, -0.1) is 0 Å². The van der Waals surface area contributed by atoms with Crippen LogP contribution in [0.1, 0.15) is 45.4 Å². The minimum Gasteiger partial charge on any atom is -0.317 e. The van der Waals surface area contributed by atoms with Crippen LogP contribution in [0.15, 0.2) is 0 Å². The van der Waals surface area contributed by atoms with Gasteiger partial charge in [-0.2, -0.15) is 8.78 Å². The molecular formula is C14H22F4O. The standard InChI is InChI=1S/C14H22F4O/c1-8-2-4-10(11(15)6-8)9-3-5-13(12(16)7-9)19-14(17)18/h8-14H,2-7H2,1H3. The van der Waals surface area contributed by atoms with Gasteiger partial charge in [-0.05, 0) is 49.9 Å². The summed E-state index contributed by atoms with van der Waals surface area (Å²) >= 11 is 0. The highest BCUT2D eigenvalue weighted by Crippen LogP contribution is 2.42. The minimum absolute atomic E-state index is 0.0185. The first-order chi connectivity index (χ1) is 8.97. The van der Waals surface area contributed by atoms with Crippen molar-refractivity contribution in [2.45, 2.75) is 70.5 Å². The van der Waals surface area contributed by atoms with Crippen LogP contribution in [0.25, 0.3) is 0 Å². The normalized spacial score (nSPS) is 44.5. The van der Waals surface area contributed by atoms with Crippen molar-refractivity contribution < 1.29 is 22.3 Å². The van der Waals surface area contributed by atoms with Crippen LogP contribution in [0.2, 0.25) is 0 Å². The fourth-order valence-electron chi connectivity index (χ4n) is 3.66. The average Bonchev–Trinajstić information content (AvgIpc) is 2.31. The number of alkyl halides is 4. The summed E-state index contributed by atoms with van der Waals surface area (Å²) in [5.41, 5.74) is 0. The Bertz CT molecular complexity index is 287. The first kappa shape index (κ1) is 15.1. The molecule has 0 spiro atoms. The fraction of sp³-hybridized carbons (Fsp3) is 1.00. The van der Waals surface area contributed by atoms with E-state index in [1.807, 2.05) is 6.92 Å². The molecule has 6 unspecified atom stereocenters. The van der Waals surface area contributed by atoms with Gasteiger partial charge in [0, 0.05) is 0 Å². The molecule has 19 heavy (non-hydrogen) atoms. The van der Waals surface area contributed by atoms with E-state index < -0.39 is 25.1 Å². The van der Waals surface area contributed by atoms with Crippen LogP contribution in [0, 0.1) is 17.8 Å². The van der Waals surface area contributed by atoms with E-state index in [2.05, 4.69) is 4.74 Å². The number of hydrogen-bond donors (Lipinski definition) is 0. The van der Waals surface area contributed by atoms with E-state index in [1.54, 1.807) is 0 Å². The Labute approximate surface area is 111 Å². The van der Waals surface area contributed by atoms with E-state index >= 15 is 0 Å². The van der Waals surface area contributed by atoms with Gasteiger partial charge >= 0.3 is 6.61 Å². The van der Waals surface area contributed by atoms with Gasteiger partial charge in [0.05, 0.1) is 6.10 Å². The number of hydrogen-bond acceptors (Lipinski definition) is 1. The molecule has 0 amide bonds. The van der Waals surface area contributed by atoms with E-state index in [4.69, 9.17) is 0 Å². The Hall–Kier alpha value is -0.320. The summed E-state index contributed by atoms with van der Waals surface area (Å²) in [6.45, 7) is -0.891. The molecule has 0 heterocycles. The highest BCUT2D eigenvalue weighted by molar-refractivity contribution is 4.89. The van der Waals surface area contributed by atoms with Crippen LogP contribution in [-0.2, 0) is 4.74 Å². The summed E-state index contributed by atoms with van der Waals surface area (Å²) in [5.74, 6) is 0.280. The van der Waals surface area contributed by atoms with Crippen molar-refractivity contribution in [3.05, 3.63) is 0 Å². The van der Waals surface area contributed by atoms with Crippen LogP contribution >= 0.6 is 0 Å². The van der Waals surface area contributed by atoms with Crippen LogP contribution < -0.4 is 0 Å².